The number of halogens is 1. The lowest BCUT2D eigenvalue weighted by Crippen LogP contribution is -2.31. The Bertz CT molecular complexity index is 385. The van der Waals surface area contributed by atoms with Gasteiger partial charge in [0, 0.05) is 12.4 Å². The molecule has 78 valence electrons. The molecule has 0 amide bonds. The molecule has 0 spiro atoms. The van der Waals surface area contributed by atoms with Gasteiger partial charge in [0.2, 0.25) is 0 Å². The van der Waals surface area contributed by atoms with Gasteiger partial charge in [0.1, 0.15) is 6.20 Å². The molecular weight excluding hydrogens is 206 g/mol. The van der Waals surface area contributed by atoms with E-state index in [1.165, 1.54) is 4.68 Å². The third-order valence-corrected chi connectivity index (χ3v) is 2.05. The summed E-state index contributed by atoms with van der Waals surface area (Å²) in [6.07, 6.45) is 3.82. The van der Waals surface area contributed by atoms with Gasteiger partial charge in [0.05, 0.1) is 0 Å². The van der Waals surface area contributed by atoms with Crippen LogP contribution in [0.1, 0.15) is 19.3 Å². The second kappa shape index (κ2) is 5.59. The Labute approximate surface area is 85.7 Å². The molecule has 0 radical (unpaired) electrons. The Balaban J connectivity index is 2.51. The molecule has 1 aromatic rings. The number of aromatic amines is 1. The van der Waals surface area contributed by atoms with Crippen molar-refractivity contribution in [2.45, 2.75) is 25.8 Å². The van der Waals surface area contributed by atoms with Gasteiger partial charge in [-0.3, -0.25) is 9.78 Å². The van der Waals surface area contributed by atoms with Crippen LogP contribution in [-0.4, -0.2) is 20.6 Å². The fraction of sp³-hybridized carbons (Fsp3) is 0.625. The Hall–Kier alpha value is -1.10. The Morgan fingerprint density at radius 1 is 1.36 bits per heavy atom. The van der Waals surface area contributed by atoms with Crippen LogP contribution in [0.3, 0.4) is 0 Å². The number of hydrogen-bond donors (Lipinski definition) is 1. The summed E-state index contributed by atoms with van der Waals surface area (Å²) in [7, 11) is 0. The predicted molar refractivity (Wildman–Crippen MR) is 53.7 cm³/mol. The molecule has 6 heteroatoms. The summed E-state index contributed by atoms with van der Waals surface area (Å²) in [5.41, 5.74) is -0.921. The highest BCUT2D eigenvalue weighted by Gasteiger charge is 1.96. The Morgan fingerprint density at radius 3 is 2.79 bits per heavy atom. The van der Waals surface area contributed by atoms with Crippen molar-refractivity contribution in [2.24, 2.45) is 0 Å². The number of rotatable bonds is 5. The van der Waals surface area contributed by atoms with Crippen LogP contribution < -0.4 is 11.2 Å². The van der Waals surface area contributed by atoms with Crippen molar-refractivity contribution in [1.82, 2.24) is 14.8 Å². The van der Waals surface area contributed by atoms with E-state index >= 15 is 0 Å². The quantitative estimate of drug-likeness (QED) is 0.571. The van der Waals surface area contributed by atoms with E-state index in [4.69, 9.17) is 11.6 Å². The van der Waals surface area contributed by atoms with Crippen LogP contribution in [0.25, 0.3) is 0 Å². The first-order valence-corrected chi connectivity index (χ1v) is 5.00. The maximum absolute atomic E-state index is 11.1. The number of alkyl halides is 1. The summed E-state index contributed by atoms with van der Waals surface area (Å²) in [4.78, 5) is 23.9. The first kappa shape index (κ1) is 11.0. The predicted octanol–water partition coefficient (Wildman–Crippen LogP) is 0.341. The highest BCUT2D eigenvalue weighted by atomic mass is 35.5. The van der Waals surface area contributed by atoms with Crippen LogP contribution in [0.4, 0.5) is 0 Å². The minimum Gasteiger partial charge on any atom is -0.271 e. The topological polar surface area (TPSA) is 67.8 Å². The molecule has 0 fully saturated rings. The molecule has 0 aliphatic rings. The molecule has 0 saturated carbocycles. The molecule has 1 rings (SSSR count). The summed E-state index contributed by atoms with van der Waals surface area (Å²) >= 11 is 5.50. The molecule has 0 saturated heterocycles. The monoisotopic (exact) mass is 217 g/mol. The van der Waals surface area contributed by atoms with Crippen LogP contribution in [0.2, 0.25) is 0 Å². The van der Waals surface area contributed by atoms with Gasteiger partial charge in [-0.15, -0.1) is 11.6 Å². The standard InChI is InChI=1S/C8H12ClN3O2/c9-4-2-1-3-5-12-8(14)11-7(13)6-10-12/h6H,1-5H2,(H,11,13,14). The fourth-order valence-corrected chi connectivity index (χ4v) is 1.26. The maximum atomic E-state index is 11.1. The summed E-state index contributed by atoms with van der Waals surface area (Å²) in [5, 5.41) is 3.70. The SMILES string of the molecule is O=c1cnn(CCCCCCl)c(=O)[nH]1. The van der Waals surface area contributed by atoms with Gasteiger partial charge in [-0.1, -0.05) is 6.42 Å². The molecule has 14 heavy (non-hydrogen) atoms. The van der Waals surface area contributed by atoms with Gasteiger partial charge in [-0.2, -0.15) is 5.10 Å². The van der Waals surface area contributed by atoms with E-state index in [1.54, 1.807) is 0 Å². The number of aryl methyl sites for hydroxylation is 1. The van der Waals surface area contributed by atoms with E-state index in [0.29, 0.717) is 12.4 Å². The maximum Gasteiger partial charge on any atom is 0.344 e. The molecule has 0 aliphatic heterocycles. The molecule has 1 aromatic heterocycles. The molecule has 0 bridgehead atoms. The number of unbranched alkanes of at least 4 members (excludes halogenated alkanes) is 2. The van der Waals surface area contributed by atoms with Crippen molar-refractivity contribution in [1.29, 1.82) is 0 Å². The molecule has 5 nitrogen and oxygen atoms in total. The zero-order chi connectivity index (χ0) is 10.4. The number of hydrogen-bond acceptors (Lipinski definition) is 3. The zero-order valence-corrected chi connectivity index (χ0v) is 8.46. The molecule has 0 aliphatic carbocycles. The molecule has 0 aromatic carbocycles. The zero-order valence-electron chi connectivity index (χ0n) is 7.70. The largest absolute Gasteiger partial charge is 0.344 e. The van der Waals surface area contributed by atoms with Gasteiger partial charge in [-0.05, 0) is 12.8 Å². The van der Waals surface area contributed by atoms with Crippen molar-refractivity contribution in [3.8, 4) is 0 Å². The fourth-order valence-electron chi connectivity index (χ4n) is 1.07. The normalized spacial score (nSPS) is 10.4. The highest BCUT2D eigenvalue weighted by molar-refractivity contribution is 6.17. The molecular formula is C8H12ClN3O2. The van der Waals surface area contributed by atoms with Gasteiger partial charge >= 0.3 is 5.69 Å². The third kappa shape index (κ3) is 3.33. The van der Waals surface area contributed by atoms with Crippen LogP contribution in [-0.2, 0) is 6.54 Å². The molecule has 0 atom stereocenters. The Kier molecular flexibility index (Phi) is 4.39. The van der Waals surface area contributed by atoms with Crippen LogP contribution in [0.15, 0.2) is 15.8 Å². The lowest BCUT2D eigenvalue weighted by molar-refractivity contribution is 0.513. The number of H-pyrrole nitrogens is 1. The van der Waals surface area contributed by atoms with Gasteiger partial charge in [0.25, 0.3) is 5.56 Å². The Morgan fingerprint density at radius 2 is 2.14 bits per heavy atom. The minimum absolute atomic E-state index is 0.455. The summed E-state index contributed by atoms with van der Waals surface area (Å²) < 4.78 is 1.25. The van der Waals surface area contributed by atoms with Crippen molar-refractivity contribution in [3.63, 3.8) is 0 Å². The molecule has 1 N–H and O–H groups in total. The molecule has 0 unspecified atom stereocenters. The van der Waals surface area contributed by atoms with Gasteiger partial charge in [0.15, 0.2) is 0 Å². The summed E-state index contributed by atoms with van der Waals surface area (Å²) in [6.45, 7) is 0.520. The summed E-state index contributed by atoms with van der Waals surface area (Å²) in [6, 6.07) is 0. The average molecular weight is 218 g/mol. The van der Waals surface area contributed by atoms with E-state index < -0.39 is 11.2 Å². The van der Waals surface area contributed by atoms with Crippen LogP contribution in [0.5, 0.6) is 0 Å². The first-order valence-electron chi connectivity index (χ1n) is 4.46. The lowest BCUT2D eigenvalue weighted by Gasteiger charge is -2.01. The van der Waals surface area contributed by atoms with E-state index in [0.717, 1.165) is 25.5 Å². The van der Waals surface area contributed by atoms with Crippen molar-refractivity contribution >= 4 is 11.6 Å². The number of aromatic nitrogens is 3. The van der Waals surface area contributed by atoms with E-state index in [-0.39, 0.29) is 0 Å². The number of nitrogens with one attached hydrogen (secondary N) is 1. The minimum atomic E-state index is -0.466. The highest BCUT2D eigenvalue weighted by Crippen LogP contribution is 1.97. The van der Waals surface area contributed by atoms with Gasteiger partial charge < -0.3 is 0 Å². The van der Waals surface area contributed by atoms with E-state index in [1.807, 2.05) is 0 Å². The van der Waals surface area contributed by atoms with Crippen molar-refractivity contribution in [2.75, 3.05) is 5.88 Å². The summed E-state index contributed by atoms with van der Waals surface area (Å²) in [5.74, 6) is 0.633. The first-order chi connectivity index (χ1) is 6.74. The molecule has 1 heterocycles. The van der Waals surface area contributed by atoms with Crippen molar-refractivity contribution < 1.29 is 0 Å². The average Bonchev–Trinajstić information content (AvgIpc) is 2.15. The van der Waals surface area contributed by atoms with E-state index in [2.05, 4.69) is 10.1 Å². The number of nitrogens with zero attached hydrogens (tertiary/aromatic N) is 2. The van der Waals surface area contributed by atoms with Crippen LogP contribution >= 0.6 is 11.6 Å². The van der Waals surface area contributed by atoms with Crippen LogP contribution in [0, 0.1) is 0 Å². The third-order valence-electron chi connectivity index (χ3n) is 1.78. The van der Waals surface area contributed by atoms with Gasteiger partial charge in [-0.25, -0.2) is 9.48 Å². The second-order valence-corrected chi connectivity index (χ2v) is 3.29. The smallest absolute Gasteiger partial charge is 0.271 e. The van der Waals surface area contributed by atoms with E-state index in [9.17, 15) is 9.59 Å². The van der Waals surface area contributed by atoms with Crippen molar-refractivity contribution in [3.05, 3.63) is 27.0 Å². The second-order valence-electron chi connectivity index (χ2n) is 2.91. The lowest BCUT2D eigenvalue weighted by atomic mass is 10.2.